The Morgan fingerprint density at radius 1 is 1.07 bits per heavy atom. The topological polar surface area (TPSA) is 44.9 Å². The molecule has 2 N–H and O–H groups in total. The highest BCUT2D eigenvalue weighted by Gasteiger charge is 2.15. The van der Waals surface area contributed by atoms with Gasteiger partial charge in [0.1, 0.15) is 0 Å². The molecule has 0 aliphatic heterocycles. The summed E-state index contributed by atoms with van der Waals surface area (Å²) < 4.78 is 0. The number of aryl methyl sites for hydroxylation is 2. The summed E-state index contributed by atoms with van der Waals surface area (Å²) >= 11 is 0. The number of aromatic amines is 1. The van der Waals surface area contributed by atoms with Crippen LogP contribution in [0.2, 0.25) is 0 Å². The zero-order valence-electron chi connectivity index (χ0n) is 16.0. The highest BCUT2D eigenvalue weighted by Crippen LogP contribution is 2.29. The predicted octanol–water partition coefficient (Wildman–Crippen LogP) is 5.52. The van der Waals surface area contributed by atoms with Crippen LogP contribution in [0.4, 0.5) is 0 Å². The number of fused-ring (bicyclic) bond motifs is 1. The van der Waals surface area contributed by atoms with Crippen LogP contribution in [0, 0.1) is 13.8 Å². The molecule has 27 heavy (non-hydrogen) atoms. The maximum absolute atomic E-state index is 12.2. The highest BCUT2D eigenvalue weighted by molar-refractivity contribution is 5.92. The first-order chi connectivity index (χ1) is 13.1. The van der Waals surface area contributed by atoms with Crippen LogP contribution < -0.4 is 5.32 Å². The number of hydrogen-bond donors (Lipinski definition) is 2. The zero-order chi connectivity index (χ0) is 18.8. The van der Waals surface area contributed by atoms with Crippen LogP contribution >= 0.6 is 0 Å². The number of aromatic nitrogens is 1. The quantitative estimate of drug-likeness (QED) is 0.592. The van der Waals surface area contributed by atoms with Gasteiger partial charge in [-0.25, -0.2) is 0 Å². The lowest BCUT2D eigenvalue weighted by atomic mass is 9.94. The van der Waals surface area contributed by atoms with Crippen LogP contribution in [-0.4, -0.2) is 16.9 Å². The molecule has 0 bridgehead atoms. The van der Waals surface area contributed by atoms with Crippen molar-refractivity contribution >= 4 is 22.9 Å². The van der Waals surface area contributed by atoms with Gasteiger partial charge in [-0.2, -0.15) is 0 Å². The molecule has 1 aromatic heterocycles. The van der Waals surface area contributed by atoms with Gasteiger partial charge < -0.3 is 10.3 Å². The van der Waals surface area contributed by atoms with E-state index in [4.69, 9.17) is 0 Å². The first-order valence-electron chi connectivity index (χ1n) is 9.77. The minimum absolute atomic E-state index is 0.0148. The van der Waals surface area contributed by atoms with E-state index in [9.17, 15) is 4.79 Å². The Labute approximate surface area is 160 Å². The van der Waals surface area contributed by atoms with Crippen molar-refractivity contribution in [1.82, 2.24) is 10.3 Å². The number of H-pyrrole nitrogens is 1. The van der Waals surface area contributed by atoms with Crippen molar-refractivity contribution < 1.29 is 4.79 Å². The molecule has 0 saturated heterocycles. The van der Waals surface area contributed by atoms with Gasteiger partial charge in [0.2, 0.25) is 5.91 Å². The van der Waals surface area contributed by atoms with E-state index in [-0.39, 0.29) is 5.91 Å². The molecule has 0 radical (unpaired) electrons. The molecular weight excluding hydrogens is 332 g/mol. The number of carbonyl (C=O) groups excluding carboxylic acids is 1. The van der Waals surface area contributed by atoms with E-state index in [1.54, 1.807) is 6.08 Å². The number of benzene rings is 2. The first-order valence-corrected chi connectivity index (χ1v) is 9.77. The molecule has 3 aromatic rings. The second-order valence-electron chi connectivity index (χ2n) is 7.63. The highest BCUT2D eigenvalue weighted by atomic mass is 16.1. The van der Waals surface area contributed by atoms with E-state index in [1.807, 2.05) is 12.3 Å². The Morgan fingerprint density at radius 3 is 2.70 bits per heavy atom. The predicted molar refractivity (Wildman–Crippen MR) is 113 cm³/mol. The lowest BCUT2D eigenvalue weighted by Crippen LogP contribution is -2.30. The average Bonchev–Trinajstić information content (AvgIpc) is 3.33. The fourth-order valence-corrected chi connectivity index (χ4v) is 4.03. The van der Waals surface area contributed by atoms with E-state index in [2.05, 4.69) is 60.5 Å². The van der Waals surface area contributed by atoms with Crippen molar-refractivity contribution in [2.45, 2.75) is 45.6 Å². The zero-order valence-corrected chi connectivity index (χ0v) is 16.0. The molecule has 1 amide bonds. The molecule has 3 nitrogen and oxygen atoms in total. The third-order valence-electron chi connectivity index (χ3n) is 5.59. The molecular formula is C24H26N2O. The SMILES string of the molecule is Cc1cc(-c2ccc3[nH]ccc3c2)c(C)cc1/C=C/C(=O)NC1CCCC1. The van der Waals surface area contributed by atoms with Crippen LogP contribution in [0.5, 0.6) is 0 Å². The Kier molecular flexibility index (Phi) is 4.85. The third-order valence-corrected chi connectivity index (χ3v) is 5.59. The van der Waals surface area contributed by atoms with Crippen molar-refractivity contribution in [2.75, 3.05) is 0 Å². The Balaban J connectivity index is 1.55. The maximum atomic E-state index is 12.2. The van der Waals surface area contributed by atoms with Gasteiger partial charge in [0, 0.05) is 23.8 Å². The maximum Gasteiger partial charge on any atom is 0.244 e. The number of rotatable bonds is 4. The second kappa shape index (κ2) is 7.43. The second-order valence-corrected chi connectivity index (χ2v) is 7.63. The van der Waals surface area contributed by atoms with E-state index in [0.29, 0.717) is 6.04 Å². The summed E-state index contributed by atoms with van der Waals surface area (Å²) in [5, 5.41) is 4.33. The largest absolute Gasteiger partial charge is 0.361 e. The van der Waals surface area contributed by atoms with Crippen molar-refractivity contribution in [3.63, 3.8) is 0 Å². The first kappa shape index (κ1) is 17.6. The normalized spacial score (nSPS) is 15.0. The summed E-state index contributed by atoms with van der Waals surface area (Å²) in [4.78, 5) is 15.4. The van der Waals surface area contributed by atoms with E-state index < -0.39 is 0 Å². The van der Waals surface area contributed by atoms with Gasteiger partial charge >= 0.3 is 0 Å². The van der Waals surface area contributed by atoms with Crippen LogP contribution in [-0.2, 0) is 4.79 Å². The molecule has 138 valence electrons. The summed E-state index contributed by atoms with van der Waals surface area (Å²) in [6.07, 6.45) is 10.2. The molecule has 4 rings (SSSR count). The summed E-state index contributed by atoms with van der Waals surface area (Å²) in [6.45, 7) is 4.23. The van der Waals surface area contributed by atoms with Crippen molar-refractivity contribution in [2.24, 2.45) is 0 Å². The minimum atomic E-state index is 0.0148. The fraction of sp³-hybridized carbons (Fsp3) is 0.292. The van der Waals surface area contributed by atoms with E-state index in [1.165, 1.54) is 40.5 Å². The van der Waals surface area contributed by atoms with Gasteiger partial charge in [-0.3, -0.25) is 4.79 Å². The smallest absolute Gasteiger partial charge is 0.244 e. The molecule has 0 unspecified atom stereocenters. The molecule has 0 spiro atoms. The van der Waals surface area contributed by atoms with Crippen LogP contribution in [0.1, 0.15) is 42.4 Å². The van der Waals surface area contributed by atoms with Crippen LogP contribution in [0.25, 0.3) is 28.1 Å². The summed E-state index contributed by atoms with van der Waals surface area (Å²) in [5.74, 6) is 0.0148. The molecule has 3 heteroatoms. The Hall–Kier alpha value is -2.81. The molecule has 0 atom stereocenters. The van der Waals surface area contributed by atoms with Gasteiger partial charge in [0.25, 0.3) is 0 Å². The van der Waals surface area contributed by atoms with Gasteiger partial charge in [0.05, 0.1) is 0 Å². The number of carbonyl (C=O) groups is 1. The van der Waals surface area contributed by atoms with Gasteiger partial charge in [-0.15, -0.1) is 0 Å². The molecule has 1 fully saturated rings. The molecule has 1 saturated carbocycles. The summed E-state index contributed by atoms with van der Waals surface area (Å²) in [7, 11) is 0. The summed E-state index contributed by atoms with van der Waals surface area (Å²) in [6, 6.07) is 13.4. The Morgan fingerprint density at radius 2 is 1.89 bits per heavy atom. The number of hydrogen-bond acceptors (Lipinski definition) is 1. The van der Waals surface area contributed by atoms with Crippen LogP contribution in [0.3, 0.4) is 0 Å². The number of amides is 1. The lowest BCUT2D eigenvalue weighted by molar-refractivity contribution is -0.117. The van der Waals surface area contributed by atoms with Crippen molar-refractivity contribution in [1.29, 1.82) is 0 Å². The monoisotopic (exact) mass is 358 g/mol. The van der Waals surface area contributed by atoms with Crippen LogP contribution in [0.15, 0.2) is 48.7 Å². The van der Waals surface area contributed by atoms with Gasteiger partial charge in [-0.1, -0.05) is 31.0 Å². The van der Waals surface area contributed by atoms with E-state index in [0.717, 1.165) is 23.9 Å². The summed E-state index contributed by atoms with van der Waals surface area (Å²) in [5.41, 5.74) is 7.10. The number of nitrogens with one attached hydrogen (secondary N) is 2. The van der Waals surface area contributed by atoms with Gasteiger partial charge in [-0.05, 0) is 84.2 Å². The molecule has 2 aromatic carbocycles. The molecule has 1 aliphatic rings. The fourth-order valence-electron chi connectivity index (χ4n) is 4.03. The lowest BCUT2D eigenvalue weighted by Gasteiger charge is -2.12. The Bertz CT molecular complexity index is 1010. The van der Waals surface area contributed by atoms with E-state index >= 15 is 0 Å². The molecule has 1 heterocycles. The third kappa shape index (κ3) is 3.82. The van der Waals surface area contributed by atoms with Gasteiger partial charge in [0.15, 0.2) is 0 Å². The van der Waals surface area contributed by atoms with Crippen molar-refractivity contribution in [3.8, 4) is 11.1 Å². The average molecular weight is 358 g/mol. The minimum Gasteiger partial charge on any atom is -0.361 e. The molecule has 1 aliphatic carbocycles. The standard InChI is InChI=1S/C24H26N2O/c1-16-14-22(19-7-9-23-20(15-19)11-12-25-23)17(2)13-18(16)8-10-24(27)26-21-5-3-4-6-21/h7-15,21,25H,3-6H2,1-2H3,(H,26,27)/b10-8+. The van der Waals surface area contributed by atoms with Crippen molar-refractivity contribution in [3.05, 3.63) is 65.4 Å².